The van der Waals surface area contributed by atoms with Crippen LogP contribution >= 0.6 is 11.8 Å². The van der Waals surface area contributed by atoms with Crippen LogP contribution in [0.4, 0.5) is 0 Å². The van der Waals surface area contributed by atoms with Gasteiger partial charge < -0.3 is 9.73 Å². The van der Waals surface area contributed by atoms with Crippen molar-refractivity contribution in [3.05, 3.63) is 60.3 Å². The van der Waals surface area contributed by atoms with Crippen molar-refractivity contribution in [2.24, 2.45) is 0 Å². The third-order valence-corrected chi connectivity index (χ3v) is 6.10. The molecule has 0 radical (unpaired) electrons. The van der Waals surface area contributed by atoms with E-state index in [9.17, 15) is 4.79 Å². The van der Waals surface area contributed by atoms with Gasteiger partial charge in [0.25, 0.3) is 0 Å². The molecule has 6 nitrogen and oxygen atoms in total. The quantitative estimate of drug-likeness (QED) is 0.562. The molecule has 1 atom stereocenters. The fourth-order valence-corrected chi connectivity index (χ4v) is 4.41. The zero-order chi connectivity index (χ0) is 20.1. The number of hydrogen-bond donors (Lipinski definition) is 1. The molecule has 7 heteroatoms. The molecular weight excluding hydrogens is 384 g/mol. The molecule has 0 spiro atoms. The Morgan fingerprint density at radius 3 is 2.72 bits per heavy atom. The van der Waals surface area contributed by atoms with E-state index in [-0.39, 0.29) is 17.7 Å². The average Bonchev–Trinajstić information content (AvgIpc) is 3.44. The number of nitrogens with zero attached hydrogens (tertiary/aromatic N) is 3. The van der Waals surface area contributed by atoms with Gasteiger partial charge in [-0.05, 0) is 44.0 Å². The Kier molecular flexibility index (Phi) is 6.34. The number of aromatic nitrogens is 3. The molecule has 4 rings (SSSR count). The van der Waals surface area contributed by atoms with Crippen LogP contribution in [0.5, 0.6) is 0 Å². The molecule has 0 unspecified atom stereocenters. The average molecular weight is 411 g/mol. The maximum absolute atomic E-state index is 12.3. The van der Waals surface area contributed by atoms with E-state index in [4.69, 9.17) is 14.5 Å². The van der Waals surface area contributed by atoms with Crippen LogP contribution in [0.1, 0.15) is 62.6 Å². The number of benzene rings is 1. The third kappa shape index (κ3) is 4.90. The van der Waals surface area contributed by atoms with E-state index in [1.807, 2.05) is 54.1 Å². The van der Waals surface area contributed by atoms with Crippen molar-refractivity contribution in [3.8, 4) is 5.69 Å². The Hall–Kier alpha value is -2.54. The van der Waals surface area contributed by atoms with Crippen molar-refractivity contribution < 1.29 is 9.21 Å². The van der Waals surface area contributed by atoms with Gasteiger partial charge in [-0.15, -0.1) is 5.10 Å². The van der Waals surface area contributed by atoms with E-state index in [1.165, 1.54) is 31.0 Å². The first kappa shape index (κ1) is 19.8. The summed E-state index contributed by atoms with van der Waals surface area (Å²) in [6, 6.07) is 13.6. The lowest BCUT2D eigenvalue weighted by Gasteiger charge is -2.21. The first-order chi connectivity index (χ1) is 14.2. The van der Waals surface area contributed by atoms with Gasteiger partial charge in [-0.1, -0.05) is 49.2 Å². The molecule has 0 saturated heterocycles. The second-order valence-corrected chi connectivity index (χ2v) is 8.37. The summed E-state index contributed by atoms with van der Waals surface area (Å²) in [5.74, 6) is 2.40. The van der Waals surface area contributed by atoms with Gasteiger partial charge in [0.2, 0.25) is 11.1 Å². The Labute approximate surface area is 175 Å². The molecule has 29 heavy (non-hydrogen) atoms. The maximum Gasteiger partial charge on any atom is 0.231 e. The minimum absolute atomic E-state index is 0.0609. The van der Waals surface area contributed by atoms with E-state index >= 15 is 0 Å². The Morgan fingerprint density at radius 2 is 2.00 bits per heavy atom. The summed E-state index contributed by atoms with van der Waals surface area (Å²) < 4.78 is 7.30. The van der Waals surface area contributed by atoms with Crippen LogP contribution in [0.2, 0.25) is 0 Å². The van der Waals surface area contributed by atoms with Crippen molar-refractivity contribution in [2.75, 3.05) is 5.75 Å². The lowest BCUT2D eigenvalue weighted by Crippen LogP contribution is -2.27. The zero-order valence-corrected chi connectivity index (χ0v) is 17.4. The van der Waals surface area contributed by atoms with Crippen LogP contribution < -0.4 is 5.32 Å². The number of furan rings is 1. The van der Waals surface area contributed by atoms with Crippen molar-refractivity contribution in [3.63, 3.8) is 0 Å². The van der Waals surface area contributed by atoms with Gasteiger partial charge in [-0.25, -0.2) is 9.67 Å². The highest BCUT2D eigenvalue weighted by atomic mass is 32.2. The molecule has 1 aliphatic rings. The SMILES string of the molecule is C[C@@H](NC(=O)CSc1nc(C2CCCCC2)n(-c2ccccc2)n1)c1ccco1. The smallest absolute Gasteiger partial charge is 0.231 e. The fraction of sp³-hybridized carbons (Fsp3) is 0.409. The summed E-state index contributed by atoms with van der Waals surface area (Å²) in [5.41, 5.74) is 1.02. The van der Waals surface area contributed by atoms with Crippen LogP contribution in [0.3, 0.4) is 0 Å². The lowest BCUT2D eigenvalue weighted by atomic mass is 9.88. The molecule has 3 aromatic rings. The molecule has 1 aliphatic carbocycles. The molecule has 1 aromatic carbocycles. The number of thioether (sulfide) groups is 1. The molecule has 1 N–H and O–H groups in total. The van der Waals surface area contributed by atoms with Gasteiger partial charge >= 0.3 is 0 Å². The molecule has 0 aliphatic heterocycles. The minimum atomic E-state index is -0.161. The highest BCUT2D eigenvalue weighted by molar-refractivity contribution is 7.99. The number of para-hydroxylation sites is 1. The van der Waals surface area contributed by atoms with Crippen LogP contribution in [0.25, 0.3) is 5.69 Å². The Morgan fingerprint density at radius 1 is 1.21 bits per heavy atom. The van der Waals surface area contributed by atoms with Gasteiger partial charge in [0.1, 0.15) is 11.6 Å². The molecule has 2 aromatic heterocycles. The molecule has 1 saturated carbocycles. The fourth-order valence-electron chi connectivity index (χ4n) is 3.77. The Balaban J connectivity index is 1.46. The maximum atomic E-state index is 12.3. The second-order valence-electron chi connectivity index (χ2n) is 7.43. The van der Waals surface area contributed by atoms with Gasteiger partial charge in [0, 0.05) is 5.92 Å². The monoisotopic (exact) mass is 410 g/mol. The van der Waals surface area contributed by atoms with Gasteiger partial charge in [0.15, 0.2) is 0 Å². The normalized spacial score (nSPS) is 15.9. The van der Waals surface area contributed by atoms with E-state index in [2.05, 4.69) is 5.32 Å². The summed E-state index contributed by atoms with van der Waals surface area (Å²) in [6.45, 7) is 1.91. The number of carbonyl (C=O) groups excluding carboxylic acids is 1. The number of amides is 1. The standard InChI is InChI=1S/C22H26N4O2S/c1-16(19-13-8-14-28-19)23-20(27)15-29-22-24-21(17-9-4-2-5-10-17)26(25-22)18-11-6-3-7-12-18/h3,6-8,11-14,16-17H,2,4-5,9-10,15H2,1H3,(H,23,27)/t16-/m1/s1. The Bertz CT molecular complexity index is 918. The first-order valence-electron chi connectivity index (χ1n) is 10.2. The van der Waals surface area contributed by atoms with Crippen LogP contribution in [0.15, 0.2) is 58.3 Å². The van der Waals surface area contributed by atoms with Crippen molar-refractivity contribution in [2.45, 2.75) is 56.1 Å². The topological polar surface area (TPSA) is 73.0 Å². The molecule has 152 valence electrons. The lowest BCUT2D eigenvalue weighted by molar-refractivity contribution is -0.119. The van der Waals surface area contributed by atoms with E-state index in [0.29, 0.717) is 11.1 Å². The van der Waals surface area contributed by atoms with Crippen molar-refractivity contribution >= 4 is 17.7 Å². The highest BCUT2D eigenvalue weighted by Crippen LogP contribution is 2.33. The first-order valence-corrected chi connectivity index (χ1v) is 11.2. The summed E-state index contributed by atoms with van der Waals surface area (Å²) in [6.07, 6.45) is 7.68. The largest absolute Gasteiger partial charge is 0.467 e. The second kappa shape index (κ2) is 9.31. The van der Waals surface area contributed by atoms with Crippen LogP contribution in [-0.4, -0.2) is 26.4 Å². The summed E-state index contributed by atoms with van der Waals surface area (Å²) in [5, 5.41) is 8.33. The zero-order valence-electron chi connectivity index (χ0n) is 16.6. The predicted octanol–water partition coefficient (Wildman–Crippen LogP) is 4.88. The number of rotatable bonds is 7. The molecule has 1 amide bonds. The molecular formula is C22H26N4O2S. The van der Waals surface area contributed by atoms with Gasteiger partial charge in [0.05, 0.1) is 23.7 Å². The summed E-state index contributed by atoms with van der Waals surface area (Å²) >= 11 is 1.38. The van der Waals surface area contributed by atoms with Gasteiger partial charge in [-0.3, -0.25) is 4.79 Å². The molecule has 1 fully saturated rings. The number of hydrogen-bond acceptors (Lipinski definition) is 5. The van der Waals surface area contributed by atoms with Crippen LogP contribution in [-0.2, 0) is 4.79 Å². The molecule has 0 bridgehead atoms. The van der Waals surface area contributed by atoms with Crippen LogP contribution in [0, 0.1) is 0 Å². The van der Waals surface area contributed by atoms with E-state index < -0.39 is 0 Å². The molecule has 2 heterocycles. The number of carbonyl (C=O) groups is 1. The van der Waals surface area contributed by atoms with Crippen molar-refractivity contribution in [1.82, 2.24) is 20.1 Å². The number of nitrogens with one attached hydrogen (secondary N) is 1. The van der Waals surface area contributed by atoms with Gasteiger partial charge in [-0.2, -0.15) is 0 Å². The predicted molar refractivity (Wildman–Crippen MR) is 113 cm³/mol. The van der Waals surface area contributed by atoms with E-state index in [0.717, 1.165) is 30.1 Å². The van der Waals surface area contributed by atoms with E-state index in [1.54, 1.807) is 6.26 Å². The minimum Gasteiger partial charge on any atom is -0.467 e. The third-order valence-electron chi connectivity index (χ3n) is 5.26. The van der Waals surface area contributed by atoms with Crippen molar-refractivity contribution in [1.29, 1.82) is 0 Å². The highest BCUT2D eigenvalue weighted by Gasteiger charge is 2.24. The summed E-state index contributed by atoms with van der Waals surface area (Å²) in [4.78, 5) is 17.2. The summed E-state index contributed by atoms with van der Waals surface area (Å²) in [7, 11) is 0.